The molecule has 0 saturated heterocycles. The van der Waals surface area contributed by atoms with E-state index in [-0.39, 0.29) is 6.61 Å². The molecule has 0 bridgehead atoms. The lowest BCUT2D eigenvalue weighted by Gasteiger charge is -2.15. The van der Waals surface area contributed by atoms with Gasteiger partial charge in [-0.25, -0.2) is 0 Å². The van der Waals surface area contributed by atoms with Crippen molar-refractivity contribution in [2.75, 3.05) is 19.7 Å². The van der Waals surface area contributed by atoms with Crippen LogP contribution in [0.1, 0.15) is 18.1 Å². The lowest BCUT2D eigenvalue weighted by molar-refractivity contribution is 0.101. The molecule has 1 aromatic carbocycles. The van der Waals surface area contributed by atoms with Gasteiger partial charge < -0.3 is 20.3 Å². The van der Waals surface area contributed by atoms with Crippen LogP contribution in [0.25, 0.3) is 0 Å². The van der Waals surface area contributed by atoms with Crippen LogP contribution in [0, 0.1) is 13.8 Å². The minimum absolute atomic E-state index is 0.247. The summed E-state index contributed by atoms with van der Waals surface area (Å²) in [5.41, 5.74) is 2.26. The molecule has 0 aliphatic heterocycles. The van der Waals surface area contributed by atoms with E-state index < -0.39 is 12.2 Å². The summed E-state index contributed by atoms with van der Waals surface area (Å²) in [5, 5.41) is 21.7. The first-order chi connectivity index (χ1) is 8.49. The molecule has 1 aromatic rings. The fourth-order valence-corrected chi connectivity index (χ4v) is 1.67. The van der Waals surface area contributed by atoms with Gasteiger partial charge in [-0.1, -0.05) is 17.7 Å². The Bertz CT molecular complexity index is 366. The van der Waals surface area contributed by atoms with Gasteiger partial charge in [-0.3, -0.25) is 0 Å². The summed E-state index contributed by atoms with van der Waals surface area (Å²) in [6.07, 6.45) is -0.984. The molecule has 2 unspecified atom stereocenters. The van der Waals surface area contributed by atoms with E-state index in [2.05, 4.69) is 5.32 Å². The van der Waals surface area contributed by atoms with E-state index in [9.17, 15) is 5.11 Å². The Morgan fingerprint density at radius 3 is 2.56 bits per heavy atom. The Labute approximate surface area is 109 Å². The van der Waals surface area contributed by atoms with Gasteiger partial charge in [-0.15, -0.1) is 0 Å². The zero-order valence-electron chi connectivity index (χ0n) is 11.3. The normalized spacial score (nSPS) is 14.3. The molecule has 102 valence electrons. The molecule has 0 spiro atoms. The van der Waals surface area contributed by atoms with Crippen LogP contribution in [0.5, 0.6) is 5.75 Å². The Hall–Kier alpha value is -1.10. The molecule has 0 fully saturated rings. The van der Waals surface area contributed by atoms with Gasteiger partial charge in [-0.2, -0.15) is 0 Å². The topological polar surface area (TPSA) is 61.7 Å². The van der Waals surface area contributed by atoms with Gasteiger partial charge in [0.1, 0.15) is 18.5 Å². The standard InChI is InChI=1S/C14H23NO3/c1-10-4-5-14(11(2)6-10)18-9-13(17)8-15-7-12(3)16/h4-6,12-13,15-17H,7-9H2,1-3H3. The van der Waals surface area contributed by atoms with Crippen LogP contribution in [0.15, 0.2) is 18.2 Å². The molecule has 18 heavy (non-hydrogen) atoms. The number of nitrogens with one attached hydrogen (secondary N) is 1. The molecular weight excluding hydrogens is 230 g/mol. The Balaban J connectivity index is 2.31. The van der Waals surface area contributed by atoms with Crippen molar-refractivity contribution in [1.29, 1.82) is 0 Å². The van der Waals surface area contributed by atoms with Gasteiger partial charge in [-0.05, 0) is 32.4 Å². The van der Waals surface area contributed by atoms with E-state index >= 15 is 0 Å². The van der Waals surface area contributed by atoms with Gasteiger partial charge >= 0.3 is 0 Å². The molecule has 4 heteroatoms. The van der Waals surface area contributed by atoms with Crippen molar-refractivity contribution in [2.45, 2.75) is 33.0 Å². The SMILES string of the molecule is Cc1ccc(OCC(O)CNCC(C)O)c(C)c1. The predicted molar refractivity (Wildman–Crippen MR) is 72.0 cm³/mol. The molecule has 0 heterocycles. The highest BCUT2D eigenvalue weighted by molar-refractivity contribution is 5.35. The maximum absolute atomic E-state index is 9.70. The van der Waals surface area contributed by atoms with E-state index in [1.54, 1.807) is 6.92 Å². The Kier molecular flexibility index (Phi) is 6.12. The van der Waals surface area contributed by atoms with Gasteiger partial charge in [0.2, 0.25) is 0 Å². The second-order valence-corrected chi connectivity index (χ2v) is 4.74. The number of aliphatic hydroxyl groups excluding tert-OH is 2. The first-order valence-electron chi connectivity index (χ1n) is 6.26. The lowest BCUT2D eigenvalue weighted by Crippen LogP contribution is -2.35. The van der Waals surface area contributed by atoms with Crippen LogP contribution < -0.4 is 10.1 Å². The zero-order valence-corrected chi connectivity index (χ0v) is 11.3. The number of ether oxygens (including phenoxy) is 1. The number of hydrogen-bond acceptors (Lipinski definition) is 4. The second kappa shape index (κ2) is 7.36. The Morgan fingerprint density at radius 2 is 1.94 bits per heavy atom. The monoisotopic (exact) mass is 253 g/mol. The van der Waals surface area contributed by atoms with Crippen molar-refractivity contribution < 1.29 is 14.9 Å². The maximum Gasteiger partial charge on any atom is 0.122 e. The van der Waals surface area contributed by atoms with Crippen molar-refractivity contribution in [1.82, 2.24) is 5.32 Å². The van der Waals surface area contributed by atoms with E-state index in [4.69, 9.17) is 9.84 Å². The van der Waals surface area contributed by atoms with Gasteiger partial charge in [0.05, 0.1) is 6.10 Å². The van der Waals surface area contributed by atoms with Crippen molar-refractivity contribution >= 4 is 0 Å². The van der Waals surface area contributed by atoms with Crippen LogP contribution >= 0.6 is 0 Å². The van der Waals surface area contributed by atoms with Crippen LogP contribution in [0.3, 0.4) is 0 Å². The summed E-state index contributed by atoms with van der Waals surface area (Å²) in [5.74, 6) is 0.801. The molecule has 4 nitrogen and oxygen atoms in total. The van der Waals surface area contributed by atoms with Crippen molar-refractivity contribution in [3.05, 3.63) is 29.3 Å². The maximum atomic E-state index is 9.70. The van der Waals surface area contributed by atoms with E-state index in [1.807, 2.05) is 32.0 Å². The molecular formula is C14H23NO3. The minimum atomic E-state index is -0.579. The van der Waals surface area contributed by atoms with Crippen LogP contribution in [-0.4, -0.2) is 42.1 Å². The predicted octanol–water partition coefficient (Wildman–Crippen LogP) is 1.01. The lowest BCUT2D eigenvalue weighted by atomic mass is 10.1. The van der Waals surface area contributed by atoms with Crippen molar-refractivity contribution in [3.63, 3.8) is 0 Å². The van der Waals surface area contributed by atoms with Crippen molar-refractivity contribution in [2.24, 2.45) is 0 Å². The van der Waals surface area contributed by atoms with E-state index in [0.717, 1.165) is 11.3 Å². The molecule has 0 aliphatic carbocycles. The van der Waals surface area contributed by atoms with Gasteiger partial charge in [0.15, 0.2) is 0 Å². The number of benzene rings is 1. The third kappa shape index (κ3) is 5.49. The summed E-state index contributed by atoms with van der Waals surface area (Å²) in [6.45, 7) is 6.85. The molecule has 0 aliphatic rings. The fraction of sp³-hybridized carbons (Fsp3) is 0.571. The average Bonchev–Trinajstić information content (AvgIpc) is 2.27. The third-order valence-electron chi connectivity index (χ3n) is 2.58. The number of aliphatic hydroxyl groups is 2. The van der Waals surface area contributed by atoms with E-state index in [1.165, 1.54) is 5.56 Å². The summed E-state index contributed by atoms with van der Waals surface area (Å²) in [6, 6.07) is 5.95. The van der Waals surface area contributed by atoms with Crippen LogP contribution in [0.2, 0.25) is 0 Å². The highest BCUT2D eigenvalue weighted by Crippen LogP contribution is 2.18. The molecule has 0 aromatic heterocycles. The number of aryl methyl sites for hydroxylation is 2. The highest BCUT2D eigenvalue weighted by Gasteiger charge is 2.07. The molecule has 2 atom stereocenters. The van der Waals surface area contributed by atoms with Gasteiger partial charge in [0, 0.05) is 13.1 Å². The quantitative estimate of drug-likeness (QED) is 0.679. The molecule has 0 radical (unpaired) electrons. The molecule has 3 N–H and O–H groups in total. The molecule has 1 rings (SSSR count). The first kappa shape index (κ1) is 15.0. The molecule has 0 amide bonds. The number of rotatable bonds is 7. The summed E-state index contributed by atoms with van der Waals surface area (Å²) in [4.78, 5) is 0. The van der Waals surface area contributed by atoms with Crippen LogP contribution in [-0.2, 0) is 0 Å². The third-order valence-corrected chi connectivity index (χ3v) is 2.58. The zero-order chi connectivity index (χ0) is 13.5. The van der Waals surface area contributed by atoms with Crippen LogP contribution in [0.4, 0.5) is 0 Å². The van der Waals surface area contributed by atoms with Gasteiger partial charge in [0.25, 0.3) is 0 Å². The van der Waals surface area contributed by atoms with Crippen molar-refractivity contribution in [3.8, 4) is 5.75 Å². The highest BCUT2D eigenvalue weighted by atomic mass is 16.5. The summed E-state index contributed by atoms with van der Waals surface area (Å²) in [7, 11) is 0. The van der Waals surface area contributed by atoms with E-state index in [0.29, 0.717) is 13.1 Å². The largest absolute Gasteiger partial charge is 0.491 e. The summed E-state index contributed by atoms with van der Waals surface area (Å²) >= 11 is 0. The number of hydrogen-bond donors (Lipinski definition) is 3. The smallest absolute Gasteiger partial charge is 0.122 e. The Morgan fingerprint density at radius 1 is 1.22 bits per heavy atom. The first-order valence-corrected chi connectivity index (χ1v) is 6.26. The second-order valence-electron chi connectivity index (χ2n) is 4.74. The minimum Gasteiger partial charge on any atom is -0.491 e. The average molecular weight is 253 g/mol. The molecule has 0 saturated carbocycles. The fourth-order valence-electron chi connectivity index (χ4n) is 1.67. The summed E-state index contributed by atoms with van der Waals surface area (Å²) < 4.78 is 5.56.